The number of aliphatic imine (C=N–C) groups is 1. The molecule has 1 aromatic rings. The maximum atomic E-state index is 12.5. The minimum absolute atomic E-state index is 0. The topological polar surface area (TPSA) is 52.8 Å². The van der Waals surface area contributed by atoms with Crippen molar-refractivity contribution in [2.45, 2.75) is 51.4 Å². The highest BCUT2D eigenvalue weighted by Crippen LogP contribution is 2.19. The predicted molar refractivity (Wildman–Crippen MR) is 107 cm³/mol. The first-order valence-corrected chi connectivity index (χ1v) is 8.74. The van der Waals surface area contributed by atoms with Crippen molar-refractivity contribution < 1.29 is 17.6 Å². The van der Waals surface area contributed by atoms with Crippen molar-refractivity contribution in [1.82, 2.24) is 15.5 Å². The van der Waals surface area contributed by atoms with Gasteiger partial charge in [-0.1, -0.05) is 6.92 Å². The number of hydrogen-bond acceptors (Lipinski definition) is 3. The molecule has 0 aromatic carbocycles. The zero-order valence-corrected chi connectivity index (χ0v) is 17.5. The van der Waals surface area contributed by atoms with E-state index in [1.54, 1.807) is 6.26 Å². The van der Waals surface area contributed by atoms with Gasteiger partial charge in [0.05, 0.1) is 12.8 Å². The number of nitrogens with one attached hydrogen (secondary N) is 2. The van der Waals surface area contributed by atoms with Crippen LogP contribution >= 0.6 is 24.0 Å². The van der Waals surface area contributed by atoms with Crippen molar-refractivity contribution in [3.05, 3.63) is 24.2 Å². The highest BCUT2D eigenvalue weighted by molar-refractivity contribution is 14.0. The molecule has 0 radical (unpaired) electrons. The van der Waals surface area contributed by atoms with Crippen LogP contribution in [0.5, 0.6) is 0 Å². The van der Waals surface area contributed by atoms with E-state index in [2.05, 4.69) is 22.5 Å². The Morgan fingerprint density at radius 1 is 1.46 bits per heavy atom. The van der Waals surface area contributed by atoms with Gasteiger partial charge in [-0.15, -0.1) is 24.0 Å². The minimum atomic E-state index is -4.15. The Kier molecular flexibility index (Phi) is 9.77. The number of nitrogens with zero attached hydrogens (tertiary/aromatic N) is 2. The van der Waals surface area contributed by atoms with Crippen LogP contribution in [-0.4, -0.2) is 55.3 Å². The smallest absolute Gasteiger partial charge is 0.401 e. The van der Waals surface area contributed by atoms with Crippen LogP contribution in [0.2, 0.25) is 0 Å². The summed E-state index contributed by atoms with van der Waals surface area (Å²) in [6.07, 6.45) is -0.225. The van der Waals surface area contributed by atoms with E-state index in [4.69, 9.17) is 4.42 Å². The van der Waals surface area contributed by atoms with E-state index in [9.17, 15) is 13.2 Å². The van der Waals surface area contributed by atoms with Crippen molar-refractivity contribution in [1.29, 1.82) is 0 Å². The molecular weight excluding hydrogens is 460 g/mol. The van der Waals surface area contributed by atoms with Gasteiger partial charge in [0.2, 0.25) is 0 Å². The third-order valence-electron chi connectivity index (χ3n) is 4.22. The van der Waals surface area contributed by atoms with Crippen molar-refractivity contribution in [3.63, 3.8) is 0 Å². The molecule has 0 amide bonds. The molecule has 0 spiro atoms. The van der Waals surface area contributed by atoms with Crippen molar-refractivity contribution in [2.24, 2.45) is 4.99 Å². The fraction of sp³-hybridized carbons (Fsp3) is 0.706. The fourth-order valence-electron chi connectivity index (χ4n) is 2.74. The molecule has 9 heteroatoms. The van der Waals surface area contributed by atoms with E-state index in [1.807, 2.05) is 19.1 Å². The van der Waals surface area contributed by atoms with Crippen LogP contribution in [0.15, 0.2) is 27.8 Å². The Labute approximate surface area is 169 Å². The molecule has 2 rings (SSSR count). The second-order valence-corrected chi connectivity index (χ2v) is 6.49. The molecule has 5 nitrogen and oxygen atoms in total. The van der Waals surface area contributed by atoms with Crippen LogP contribution in [0, 0.1) is 0 Å². The SMILES string of the molecule is CCC(C)NC(=NCCc1ccco1)NC1CCN(CC(F)(F)F)C1.I. The molecule has 1 aliphatic heterocycles. The summed E-state index contributed by atoms with van der Waals surface area (Å²) in [4.78, 5) is 5.98. The number of likely N-dealkylation sites (tertiary alicyclic amines) is 1. The van der Waals surface area contributed by atoms with Crippen LogP contribution in [0.3, 0.4) is 0 Å². The van der Waals surface area contributed by atoms with Crippen LogP contribution in [0.4, 0.5) is 13.2 Å². The van der Waals surface area contributed by atoms with Crippen molar-refractivity contribution in [2.75, 3.05) is 26.2 Å². The molecule has 0 bridgehead atoms. The summed E-state index contributed by atoms with van der Waals surface area (Å²) in [5, 5.41) is 6.58. The average molecular weight is 488 g/mol. The van der Waals surface area contributed by atoms with E-state index in [-0.39, 0.29) is 36.1 Å². The van der Waals surface area contributed by atoms with Crippen LogP contribution < -0.4 is 10.6 Å². The molecular formula is C17H28F3IN4O. The number of furan rings is 1. The Hall–Kier alpha value is -0.970. The fourth-order valence-corrected chi connectivity index (χ4v) is 2.74. The third kappa shape index (κ3) is 8.61. The van der Waals surface area contributed by atoms with E-state index >= 15 is 0 Å². The predicted octanol–water partition coefficient (Wildman–Crippen LogP) is 3.41. The largest absolute Gasteiger partial charge is 0.469 e. The molecule has 150 valence electrons. The molecule has 2 N–H and O–H groups in total. The van der Waals surface area contributed by atoms with E-state index in [0.717, 1.165) is 12.2 Å². The number of guanidine groups is 1. The molecule has 1 aromatic heterocycles. The zero-order valence-electron chi connectivity index (χ0n) is 15.2. The molecule has 2 heterocycles. The zero-order chi connectivity index (χ0) is 18.3. The van der Waals surface area contributed by atoms with Crippen LogP contribution in [0.25, 0.3) is 0 Å². The lowest BCUT2D eigenvalue weighted by Gasteiger charge is -2.22. The van der Waals surface area contributed by atoms with Crippen molar-refractivity contribution in [3.8, 4) is 0 Å². The molecule has 2 atom stereocenters. The van der Waals surface area contributed by atoms with E-state index in [1.165, 1.54) is 4.90 Å². The van der Waals surface area contributed by atoms with E-state index in [0.29, 0.717) is 38.4 Å². The quantitative estimate of drug-likeness (QED) is 0.351. The standard InChI is InChI=1S/C17H27F3N4O.HI/c1-3-13(2)22-16(21-8-6-15-5-4-10-25-15)23-14-7-9-24(11-14)12-17(18,19)20;/h4-5,10,13-14H,3,6-9,11-12H2,1-2H3,(H2,21,22,23);1H. The van der Waals surface area contributed by atoms with Gasteiger partial charge >= 0.3 is 6.18 Å². The van der Waals surface area contributed by atoms with Gasteiger partial charge in [-0.05, 0) is 31.9 Å². The first-order chi connectivity index (χ1) is 11.9. The lowest BCUT2D eigenvalue weighted by molar-refractivity contribution is -0.143. The number of alkyl halides is 3. The Morgan fingerprint density at radius 3 is 2.85 bits per heavy atom. The first kappa shape index (κ1) is 23.1. The summed E-state index contributed by atoms with van der Waals surface area (Å²) in [6.45, 7) is 4.64. The second-order valence-electron chi connectivity index (χ2n) is 6.49. The summed E-state index contributed by atoms with van der Waals surface area (Å²) in [5.74, 6) is 1.52. The number of halogens is 4. The summed E-state index contributed by atoms with van der Waals surface area (Å²) in [5.41, 5.74) is 0. The molecule has 1 saturated heterocycles. The molecule has 0 aliphatic carbocycles. The maximum absolute atomic E-state index is 12.5. The van der Waals surface area contributed by atoms with Gasteiger partial charge in [-0.3, -0.25) is 9.89 Å². The van der Waals surface area contributed by atoms with E-state index < -0.39 is 12.7 Å². The number of rotatable bonds is 7. The van der Waals surface area contributed by atoms with Gasteiger partial charge in [0.25, 0.3) is 0 Å². The highest BCUT2D eigenvalue weighted by Gasteiger charge is 2.34. The van der Waals surface area contributed by atoms with Crippen LogP contribution in [0.1, 0.15) is 32.4 Å². The molecule has 26 heavy (non-hydrogen) atoms. The highest BCUT2D eigenvalue weighted by atomic mass is 127. The molecule has 1 aliphatic rings. The second kappa shape index (κ2) is 11.0. The van der Waals surface area contributed by atoms with Gasteiger partial charge < -0.3 is 15.1 Å². The van der Waals surface area contributed by atoms with Crippen LogP contribution in [-0.2, 0) is 6.42 Å². The van der Waals surface area contributed by atoms with Gasteiger partial charge in [-0.2, -0.15) is 13.2 Å². The molecule has 2 unspecified atom stereocenters. The monoisotopic (exact) mass is 488 g/mol. The molecule has 0 saturated carbocycles. The normalized spacial score (nSPS) is 19.9. The van der Waals surface area contributed by atoms with Crippen molar-refractivity contribution >= 4 is 29.9 Å². The third-order valence-corrected chi connectivity index (χ3v) is 4.22. The van der Waals surface area contributed by atoms with Gasteiger partial charge in [0, 0.05) is 38.1 Å². The lowest BCUT2D eigenvalue weighted by Crippen LogP contribution is -2.48. The Balaban J connectivity index is 0.00000338. The summed E-state index contributed by atoms with van der Waals surface area (Å²) in [6, 6.07) is 3.95. The van der Waals surface area contributed by atoms with Gasteiger partial charge in [0.1, 0.15) is 5.76 Å². The summed E-state index contributed by atoms with van der Waals surface area (Å²) >= 11 is 0. The summed E-state index contributed by atoms with van der Waals surface area (Å²) < 4.78 is 42.8. The average Bonchev–Trinajstić information content (AvgIpc) is 3.17. The first-order valence-electron chi connectivity index (χ1n) is 8.74. The van der Waals surface area contributed by atoms with Gasteiger partial charge in [-0.25, -0.2) is 0 Å². The summed E-state index contributed by atoms with van der Waals surface area (Å²) in [7, 11) is 0. The Morgan fingerprint density at radius 2 is 2.23 bits per heavy atom. The maximum Gasteiger partial charge on any atom is 0.401 e. The molecule has 1 fully saturated rings. The number of hydrogen-bond donors (Lipinski definition) is 2. The van der Waals surface area contributed by atoms with Gasteiger partial charge in [0.15, 0.2) is 5.96 Å². The lowest BCUT2D eigenvalue weighted by atomic mass is 10.2. The minimum Gasteiger partial charge on any atom is -0.469 e. The Bertz CT molecular complexity index is 537.